The maximum atomic E-state index is 11.9. The molecule has 2 aromatic carbocycles. The van der Waals surface area contributed by atoms with Crippen LogP contribution in [0.4, 0.5) is 5.69 Å². The number of hydrogen-bond acceptors (Lipinski definition) is 5. The highest BCUT2D eigenvalue weighted by Crippen LogP contribution is 2.23. The Morgan fingerprint density at radius 2 is 1.90 bits per heavy atom. The fourth-order valence-electron chi connectivity index (χ4n) is 1.80. The van der Waals surface area contributed by atoms with Gasteiger partial charge in [-0.2, -0.15) is 0 Å². The van der Waals surface area contributed by atoms with Crippen LogP contribution in [-0.2, 0) is 11.3 Å². The lowest BCUT2D eigenvalue weighted by Crippen LogP contribution is -2.08. The number of hydrogen-bond donors (Lipinski definition) is 2. The Labute approximate surface area is 122 Å². The predicted molar refractivity (Wildman–Crippen MR) is 79.2 cm³/mol. The smallest absolute Gasteiger partial charge is 0.341 e. The van der Waals surface area contributed by atoms with Gasteiger partial charge >= 0.3 is 5.97 Å². The van der Waals surface area contributed by atoms with E-state index in [-0.39, 0.29) is 19.0 Å². The van der Waals surface area contributed by atoms with Crippen molar-refractivity contribution in [2.24, 2.45) is 0 Å². The van der Waals surface area contributed by atoms with Gasteiger partial charge in [-0.05, 0) is 42.8 Å². The van der Waals surface area contributed by atoms with Crippen molar-refractivity contribution in [3.05, 3.63) is 53.6 Å². The highest BCUT2D eigenvalue weighted by Gasteiger charge is 2.14. The quantitative estimate of drug-likeness (QED) is 0.652. The van der Waals surface area contributed by atoms with Gasteiger partial charge in [0.15, 0.2) is 0 Å². The number of nitrogen functional groups attached to an aromatic ring is 1. The first-order chi connectivity index (χ1) is 10.1. The summed E-state index contributed by atoms with van der Waals surface area (Å²) in [7, 11) is 0. The maximum Gasteiger partial charge on any atom is 0.341 e. The second-order valence-electron chi connectivity index (χ2n) is 4.43. The van der Waals surface area contributed by atoms with Crippen LogP contribution in [0, 0.1) is 0 Å². The summed E-state index contributed by atoms with van der Waals surface area (Å²) in [6.07, 6.45) is 0. The molecule has 0 saturated heterocycles. The Kier molecular flexibility index (Phi) is 4.66. The van der Waals surface area contributed by atoms with Crippen molar-refractivity contribution in [1.29, 1.82) is 0 Å². The molecule has 110 valence electrons. The zero-order valence-electron chi connectivity index (χ0n) is 11.7. The first-order valence-electron chi connectivity index (χ1n) is 6.57. The molecular formula is C16H17NO4. The molecule has 0 heterocycles. The molecule has 0 amide bonds. The third-order valence-electron chi connectivity index (χ3n) is 2.83. The van der Waals surface area contributed by atoms with E-state index in [0.29, 0.717) is 17.0 Å². The summed E-state index contributed by atoms with van der Waals surface area (Å²) in [5.74, 6) is 0.139. The Morgan fingerprint density at radius 3 is 2.57 bits per heavy atom. The van der Waals surface area contributed by atoms with Gasteiger partial charge < -0.3 is 20.3 Å². The van der Waals surface area contributed by atoms with E-state index in [4.69, 9.17) is 15.2 Å². The standard InChI is InChI=1S/C16H17NO4/c1-2-20-16(19)14-9-12(17)5-8-15(14)21-10-11-3-6-13(18)7-4-11/h3-9,18H,2,10,17H2,1H3. The van der Waals surface area contributed by atoms with Crippen LogP contribution in [0.25, 0.3) is 0 Å². The van der Waals surface area contributed by atoms with Crippen LogP contribution < -0.4 is 10.5 Å². The molecular weight excluding hydrogens is 270 g/mol. The first-order valence-corrected chi connectivity index (χ1v) is 6.57. The van der Waals surface area contributed by atoms with Crippen molar-refractivity contribution < 1.29 is 19.4 Å². The molecule has 0 spiro atoms. The summed E-state index contributed by atoms with van der Waals surface area (Å²) in [6.45, 7) is 2.29. The summed E-state index contributed by atoms with van der Waals surface area (Å²) in [4.78, 5) is 11.9. The third kappa shape index (κ3) is 3.89. The molecule has 5 heteroatoms. The fraction of sp³-hybridized carbons (Fsp3) is 0.188. The first kappa shape index (κ1) is 14.7. The zero-order valence-corrected chi connectivity index (χ0v) is 11.7. The monoisotopic (exact) mass is 287 g/mol. The van der Waals surface area contributed by atoms with E-state index >= 15 is 0 Å². The molecule has 0 bridgehead atoms. The number of ether oxygens (including phenoxy) is 2. The second kappa shape index (κ2) is 6.65. The molecule has 0 radical (unpaired) electrons. The highest BCUT2D eigenvalue weighted by molar-refractivity contribution is 5.93. The molecule has 2 aromatic rings. The summed E-state index contributed by atoms with van der Waals surface area (Å²) in [5, 5.41) is 9.23. The van der Waals surface area contributed by atoms with Crippen molar-refractivity contribution in [2.75, 3.05) is 12.3 Å². The number of phenolic OH excluding ortho intramolecular Hbond substituents is 1. The van der Waals surface area contributed by atoms with Crippen LogP contribution in [0.5, 0.6) is 11.5 Å². The number of nitrogens with two attached hydrogens (primary N) is 1. The van der Waals surface area contributed by atoms with Crippen molar-refractivity contribution in [3.63, 3.8) is 0 Å². The third-order valence-corrected chi connectivity index (χ3v) is 2.83. The molecule has 0 fully saturated rings. The van der Waals surface area contributed by atoms with Gasteiger partial charge in [0.2, 0.25) is 0 Å². The Morgan fingerprint density at radius 1 is 1.19 bits per heavy atom. The lowest BCUT2D eigenvalue weighted by atomic mass is 10.1. The predicted octanol–water partition coefficient (Wildman–Crippen LogP) is 2.73. The lowest BCUT2D eigenvalue weighted by molar-refractivity contribution is 0.0521. The molecule has 21 heavy (non-hydrogen) atoms. The average molecular weight is 287 g/mol. The summed E-state index contributed by atoms with van der Waals surface area (Å²) < 4.78 is 10.6. The molecule has 0 atom stereocenters. The number of phenols is 1. The van der Waals surface area contributed by atoms with E-state index in [1.807, 2.05) is 0 Å². The number of carbonyl (C=O) groups is 1. The van der Waals surface area contributed by atoms with Crippen LogP contribution in [0.1, 0.15) is 22.8 Å². The van der Waals surface area contributed by atoms with Gasteiger partial charge in [0.1, 0.15) is 23.7 Å². The van der Waals surface area contributed by atoms with Crippen LogP contribution in [0.15, 0.2) is 42.5 Å². The fourth-order valence-corrected chi connectivity index (χ4v) is 1.80. The van der Waals surface area contributed by atoms with Crippen LogP contribution in [-0.4, -0.2) is 17.7 Å². The van der Waals surface area contributed by atoms with Crippen molar-refractivity contribution in [1.82, 2.24) is 0 Å². The van der Waals surface area contributed by atoms with E-state index in [1.54, 1.807) is 43.3 Å². The minimum absolute atomic E-state index is 0.193. The largest absolute Gasteiger partial charge is 0.508 e. The van der Waals surface area contributed by atoms with Crippen molar-refractivity contribution >= 4 is 11.7 Å². The van der Waals surface area contributed by atoms with Gasteiger partial charge in [0.25, 0.3) is 0 Å². The van der Waals surface area contributed by atoms with Gasteiger partial charge in [0, 0.05) is 5.69 Å². The molecule has 0 saturated carbocycles. The average Bonchev–Trinajstić information content (AvgIpc) is 2.48. The van der Waals surface area contributed by atoms with Gasteiger partial charge in [-0.3, -0.25) is 0 Å². The van der Waals surface area contributed by atoms with Crippen LogP contribution in [0.2, 0.25) is 0 Å². The number of anilines is 1. The number of rotatable bonds is 5. The minimum Gasteiger partial charge on any atom is -0.508 e. The van der Waals surface area contributed by atoms with Crippen LogP contribution in [0.3, 0.4) is 0 Å². The molecule has 0 unspecified atom stereocenters. The van der Waals surface area contributed by atoms with E-state index < -0.39 is 5.97 Å². The number of esters is 1. The zero-order chi connectivity index (χ0) is 15.2. The second-order valence-corrected chi connectivity index (χ2v) is 4.43. The Balaban J connectivity index is 2.15. The summed E-state index contributed by atoms with van der Waals surface area (Å²) in [6, 6.07) is 11.5. The molecule has 0 aliphatic carbocycles. The van der Waals surface area contributed by atoms with Gasteiger partial charge in [-0.15, -0.1) is 0 Å². The normalized spacial score (nSPS) is 10.1. The number of aromatic hydroxyl groups is 1. The van der Waals surface area contributed by atoms with Gasteiger partial charge in [-0.25, -0.2) is 4.79 Å². The molecule has 5 nitrogen and oxygen atoms in total. The highest BCUT2D eigenvalue weighted by atomic mass is 16.5. The minimum atomic E-state index is -0.467. The molecule has 0 aromatic heterocycles. The summed E-state index contributed by atoms with van der Waals surface area (Å²) in [5.41, 5.74) is 7.34. The van der Waals surface area contributed by atoms with Crippen molar-refractivity contribution in [2.45, 2.75) is 13.5 Å². The summed E-state index contributed by atoms with van der Waals surface area (Å²) >= 11 is 0. The Hall–Kier alpha value is -2.69. The van der Waals surface area contributed by atoms with Crippen LogP contribution >= 0.6 is 0 Å². The topological polar surface area (TPSA) is 81.8 Å². The van der Waals surface area contributed by atoms with Gasteiger partial charge in [0.05, 0.1) is 6.61 Å². The van der Waals surface area contributed by atoms with Crippen molar-refractivity contribution in [3.8, 4) is 11.5 Å². The van der Waals surface area contributed by atoms with Gasteiger partial charge in [-0.1, -0.05) is 12.1 Å². The lowest BCUT2D eigenvalue weighted by Gasteiger charge is -2.11. The van der Waals surface area contributed by atoms with E-state index in [0.717, 1.165) is 5.56 Å². The molecule has 0 aliphatic rings. The molecule has 2 rings (SSSR count). The maximum absolute atomic E-state index is 11.9. The number of carbonyl (C=O) groups excluding carboxylic acids is 1. The SMILES string of the molecule is CCOC(=O)c1cc(N)ccc1OCc1ccc(O)cc1. The Bertz CT molecular complexity index is 623. The van der Waals surface area contributed by atoms with E-state index in [1.165, 1.54) is 6.07 Å². The molecule has 3 N–H and O–H groups in total. The number of benzene rings is 2. The van der Waals surface area contributed by atoms with E-state index in [2.05, 4.69) is 0 Å². The van der Waals surface area contributed by atoms with E-state index in [9.17, 15) is 9.90 Å². The molecule has 0 aliphatic heterocycles.